The van der Waals surface area contributed by atoms with Crippen molar-refractivity contribution in [1.29, 1.82) is 0 Å². The Bertz CT molecular complexity index is 1430. The summed E-state index contributed by atoms with van der Waals surface area (Å²) in [5.74, 6) is -0.261. The first kappa shape index (κ1) is 33.7. The van der Waals surface area contributed by atoms with Gasteiger partial charge in [-0.15, -0.1) is 0 Å². The van der Waals surface area contributed by atoms with Gasteiger partial charge in [0.2, 0.25) is 0 Å². The van der Waals surface area contributed by atoms with Crippen molar-refractivity contribution in [3.8, 4) is 0 Å². The highest BCUT2D eigenvalue weighted by atomic mass is 35.5. The Balaban J connectivity index is 0.000000181. The number of nitrogens with zero attached hydrogens (tertiary/aromatic N) is 2. The molecule has 2 aliphatic rings. The second kappa shape index (κ2) is 16.2. The molecule has 4 atom stereocenters. The third-order valence-corrected chi connectivity index (χ3v) is 9.40. The van der Waals surface area contributed by atoms with E-state index in [9.17, 15) is 9.59 Å². The first-order chi connectivity index (χ1) is 22.3. The summed E-state index contributed by atoms with van der Waals surface area (Å²) in [5.41, 5.74) is 4.79. The Hall–Kier alpha value is -3.68. The molecule has 0 aromatic heterocycles. The van der Waals surface area contributed by atoms with Crippen molar-refractivity contribution in [3.63, 3.8) is 0 Å². The molecular formula is C38H40Cl2N2O4. The molecule has 240 valence electrons. The zero-order valence-corrected chi connectivity index (χ0v) is 27.7. The summed E-state index contributed by atoms with van der Waals surface area (Å²) in [6.07, 6.45) is 0. The van der Waals surface area contributed by atoms with Crippen LogP contribution < -0.4 is 0 Å². The molecule has 4 aromatic rings. The van der Waals surface area contributed by atoms with E-state index < -0.39 is 0 Å². The fourth-order valence-electron chi connectivity index (χ4n) is 6.59. The van der Waals surface area contributed by atoms with E-state index in [1.807, 2.05) is 84.9 Å². The molecule has 0 saturated carbocycles. The maximum atomic E-state index is 12.2. The summed E-state index contributed by atoms with van der Waals surface area (Å²) in [4.78, 5) is 29.0. The minimum absolute atomic E-state index is 0.134. The molecule has 2 saturated heterocycles. The Kier molecular flexibility index (Phi) is 11.9. The van der Waals surface area contributed by atoms with E-state index in [1.165, 1.54) is 25.3 Å². The third-order valence-electron chi connectivity index (χ3n) is 8.89. The second-order valence-electron chi connectivity index (χ2n) is 11.9. The molecule has 8 heteroatoms. The number of hydrogen-bond donors (Lipinski definition) is 0. The topological polar surface area (TPSA) is 59.1 Å². The number of carbonyl (C=O) groups is 2. The lowest BCUT2D eigenvalue weighted by Gasteiger charge is -2.17. The Morgan fingerprint density at radius 3 is 1.24 bits per heavy atom. The summed E-state index contributed by atoms with van der Waals surface area (Å²) in [6.45, 7) is 4.81. The zero-order chi connectivity index (χ0) is 32.5. The predicted octanol–water partition coefficient (Wildman–Crippen LogP) is 7.46. The van der Waals surface area contributed by atoms with E-state index in [-0.39, 0.29) is 35.6 Å². The molecule has 0 spiro atoms. The summed E-state index contributed by atoms with van der Waals surface area (Å²) in [7, 11) is 2.92. The lowest BCUT2D eigenvalue weighted by atomic mass is 9.89. The van der Waals surface area contributed by atoms with Gasteiger partial charge >= 0.3 is 11.9 Å². The van der Waals surface area contributed by atoms with E-state index in [2.05, 4.69) is 34.1 Å². The molecule has 6 nitrogen and oxygen atoms in total. The van der Waals surface area contributed by atoms with E-state index >= 15 is 0 Å². The van der Waals surface area contributed by atoms with Crippen molar-refractivity contribution in [2.24, 2.45) is 11.8 Å². The van der Waals surface area contributed by atoms with Crippen LogP contribution in [0.25, 0.3) is 0 Å². The van der Waals surface area contributed by atoms with Gasteiger partial charge in [0.1, 0.15) is 0 Å². The van der Waals surface area contributed by atoms with Gasteiger partial charge in [0.15, 0.2) is 0 Å². The summed E-state index contributed by atoms with van der Waals surface area (Å²) < 4.78 is 10.0. The van der Waals surface area contributed by atoms with Gasteiger partial charge in [-0.2, -0.15) is 0 Å². The maximum Gasteiger partial charge on any atom is 0.310 e. The quantitative estimate of drug-likeness (QED) is 0.183. The van der Waals surface area contributed by atoms with Gasteiger partial charge in [-0.3, -0.25) is 19.4 Å². The van der Waals surface area contributed by atoms with Crippen LogP contribution in [0.1, 0.15) is 34.1 Å². The normalized spacial score (nSPS) is 21.3. The van der Waals surface area contributed by atoms with Crippen molar-refractivity contribution in [2.45, 2.75) is 24.9 Å². The molecule has 6 rings (SSSR count). The van der Waals surface area contributed by atoms with Crippen LogP contribution in [0.15, 0.2) is 109 Å². The molecule has 0 aliphatic carbocycles. The molecule has 0 amide bonds. The second-order valence-corrected chi connectivity index (χ2v) is 12.8. The van der Waals surface area contributed by atoms with Gasteiger partial charge in [-0.1, -0.05) is 108 Å². The van der Waals surface area contributed by atoms with Crippen LogP contribution in [-0.4, -0.2) is 62.1 Å². The molecular weight excluding hydrogens is 619 g/mol. The van der Waals surface area contributed by atoms with Crippen LogP contribution in [0.3, 0.4) is 0 Å². The minimum Gasteiger partial charge on any atom is -0.469 e. The van der Waals surface area contributed by atoms with Gasteiger partial charge < -0.3 is 9.47 Å². The highest BCUT2D eigenvalue weighted by Gasteiger charge is 2.40. The first-order valence-electron chi connectivity index (χ1n) is 15.5. The summed E-state index contributed by atoms with van der Waals surface area (Å²) in [5, 5.41) is 1.42. The van der Waals surface area contributed by atoms with Crippen LogP contribution in [-0.2, 0) is 32.2 Å². The van der Waals surface area contributed by atoms with E-state index in [4.69, 9.17) is 32.7 Å². The van der Waals surface area contributed by atoms with Crippen molar-refractivity contribution < 1.29 is 19.1 Å². The molecule has 2 fully saturated rings. The van der Waals surface area contributed by atoms with Gasteiger partial charge in [0.25, 0.3) is 0 Å². The number of methoxy groups -OCH3 is 2. The highest BCUT2D eigenvalue weighted by Crippen LogP contribution is 2.36. The number of likely N-dealkylation sites (tertiary alicyclic amines) is 2. The Morgan fingerprint density at radius 1 is 0.565 bits per heavy atom. The molecule has 2 heterocycles. The number of benzene rings is 4. The monoisotopic (exact) mass is 658 g/mol. The molecule has 0 bridgehead atoms. The number of halogens is 2. The molecule has 0 radical (unpaired) electrons. The van der Waals surface area contributed by atoms with Crippen LogP contribution in [0.5, 0.6) is 0 Å². The van der Waals surface area contributed by atoms with E-state index in [0.29, 0.717) is 10.0 Å². The number of rotatable bonds is 8. The standard InChI is InChI=1S/2C19H20ClNO2/c2*1-23-19(22)18-13-21(11-14-5-3-2-4-6-14)12-17(18)15-7-9-16(20)10-8-15/h2*2-10,17-18H,11-13H2,1H3/t17-,18+;17-,18-/m11/s1. The first-order valence-corrected chi connectivity index (χ1v) is 16.3. The number of hydrogen-bond acceptors (Lipinski definition) is 6. The van der Waals surface area contributed by atoms with E-state index in [0.717, 1.165) is 50.4 Å². The highest BCUT2D eigenvalue weighted by molar-refractivity contribution is 6.30. The van der Waals surface area contributed by atoms with Crippen molar-refractivity contribution >= 4 is 35.1 Å². The summed E-state index contributed by atoms with van der Waals surface area (Å²) in [6, 6.07) is 36.2. The summed E-state index contributed by atoms with van der Waals surface area (Å²) >= 11 is 12.0. The smallest absolute Gasteiger partial charge is 0.310 e. The fourth-order valence-corrected chi connectivity index (χ4v) is 6.84. The van der Waals surface area contributed by atoms with Gasteiger partial charge in [0.05, 0.1) is 26.1 Å². The van der Waals surface area contributed by atoms with Crippen molar-refractivity contribution in [1.82, 2.24) is 9.80 Å². The van der Waals surface area contributed by atoms with Crippen LogP contribution in [0.2, 0.25) is 10.0 Å². The molecule has 0 unspecified atom stereocenters. The minimum atomic E-state index is -0.138. The molecule has 0 N–H and O–H groups in total. The Labute approximate surface area is 281 Å². The van der Waals surface area contributed by atoms with Crippen LogP contribution in [0, 0.1) is 11.8 Å². The predicted molar refractivity (Wildman–Crippen MR) is 183 cm³/mol. The number of esters is 2. The fraction of sp³-hybridized carbons (Fsp3) is 0.316. The van der Waals surface area contributed by atoms with Crippen LogP contribution in [0.4, 0.5) is 0 Å². The van der Waals surface area contributed by atoms with Gasteiger partial charge in [0, 0.05) is 61.1 Å². The Morgan fingerprint density at radius 2 is 0.913 bits per heavy atom. The van der Waals surface area contributed by atoms with Crippen molar-refractivity contribution in [3.05, 3.63) is 141 Å². The third kappa shape index (κ3) is 8.77. The van der Waals surface area contributed by atoms with Gasteiger partial charge in [-0.25, -0.2) is 0 Å². The number of ether oxygens (including phenoxy) is 2. The maximum absolute atomic E-state index is 12.2. The average Bonchev–Trinajstić information content (AvgIpc) is 3.70. The van der Waals surface area contributed by atoms with Crippen molar-refractivity contribution in [2.75, 3.05) is 40.4 Å². The SMILES string of the molecule is COC(=O)[C@@H]1CN(Cc2ccccc2)C[C@@H]1c1ccc(Cl)cc1.COC(=O)[C@H]1CN(Cc2ccccc2)C[C@@H]1c1ccc(Cl)cc1. The molecule has 4 aromatic carbocycles. The largest absolute Gasteiger partial charge is 0.469 e. The lowest BCUT2D eigenvalue weighted by molar-refractivity contribution is -0.146. The van der Waals surface area contributed by atoms with Crippen LogP contribution >= 0.6 is 23.2 Å². The van der Waals surface area contributed by atoms with Gasteiger partial charge in [-0.05, 0) is 46.5 Å². The zero-order valence-electron chi connectivity index (χ0n) is 26.2. The molecule has 46 heavy (non-hydrogen) atoms. The molecule has 2 aliphatic heterocycles. The van der Waals surface area contributed by atoms with E-state index in [1.54, 1.807) is 0 Å². The average molecular weight is 660 g/mol. The lowest BCUT2D eigenvalue weighted by Crippen LogP contribution is -2.24. The number of carbonyl (C=O) groups excluding carboxylic acids is 2.